The van der Waals surface area contributed by atoms with E-state index in [0.717, 1.165) is 12.8 Å². The van der Waals surface area contributed by atoms with E-state index in [-0.39, 0.29) is 29.3 Å². The number of nitrogens with one attached hydrogen (secondary N) is 2. The summed E-state index contributed by atoms with van der Waals surface area (Å²) >= 11 is 0. The molecule has 8 nitrogen and oxygen atoms in total. The number of carbonyl (C=O) groups is 1. The van der Waals surface area contributed by atoms with Crippen molar-refractivity contribution >= 4 is 21.6 Å². The molecule has 2 rings (SSSR count). The molecule has 31 heavy (non-hydrogen) atoms. The van der Waals surface area contributed by atoms with E-state index in [1.165, 1.54) is 6.20 Å². The van der Waals surface area contributed by atoms with Crippen molar-refractivity contribution in [3.05, 3.63) is 17.8 Å². The second-order valence-electron chi connectivity index (χ2n) is 8.66. The third-order valence-corrected chi connectivity index (χ3v) is 8.36. The third kappa shape index (κ3) is 6.65. The van der Waals surface area contributed by atoms with Gasteiger partial charge in [0.1, 0.15) is 11.6 Å². The predicted octanol–water partition coefficient (Wildman–Crippen LogP) is 3.74. The second kappa shape index (κ2) is 10.9. The van der Waals surface area contributed by atoms with E-state index in [9.17, 15) is 18.5 Å². The zero-order chi connectivity index (χ0) is 23.1. The molecule has 9 heteroatoms. The molecule has 1 heterocycles. The average Bonchev–Trinajstić information content (AvgIpc) is 2.74. The lowest BCUT2D eigenvalue weighted by Crippen LogP contribution is -2.47. The summed E-state index contributed by atoms with van der Waals surface area (Å²) in [6, 6.07) is 3.48. The van der Waals surface area contributed by atoms with Gasteiger partial charge in [-0.3, -0.25) is 4.79 Å². The molecule has 2 N–H and O–H groups in total. The number of nitriles is 1. The fraction of sp³-hybridized carbons (Fsp3) is 0.682. The number of rotatable bonds is 10. The number of carbonyl (C=O) groups excluding carboxylic acids is 1. The maximum Gasteiger partial charge on any atom is 0.231 e. The highest BCUT2D eigenvalue weighted by Crippen LogP contribution is 2.28. The number of anilines is 1. The molecule has 0 radical (unpaired) electrons. The van der Waals surface area contributed by atoms with Crippen LogP contribution in [0.25, 0.3) is 0 Å². The zero-order valence-electron chi connectivity index (χ0n) is 18.9. The molecule has 1 aliphatic carbocycles. The summed E-state index contributed by atoms with van der Waals surface area (Å²) in [7, 11) is -3.42. The first-order chi connectivity index (χ1) is 14.6. The maximum absolute atomic E-state index is 12.7. The molecule has 1 fully saturated rings. The number of hydrogen-bond donors (Lipinski definition) is 2. The van der Waals surface area contributed by atoms with E-state index in [1.54, 1.807) is 19.9 Å². The van der Waals surface area contributed by atoms with Crippen molar-refractivity contribution in [1.82, 2.24) is 9.71 Å². The van der Waals surface area contributed by atoms with Crippen LogP contribution in [0.2, 0.25) is 0 Å². The summed E-state index contributed by atoms with van der Waals surface area (Å²) in [6.07, 6.45) is 6.31. The summed E-state index contributed by atoms with van der Waals surface area (Å²) in [5.41, 5.74) is 0.738. The molecule has 0 aliphatic heterocycles. The standard InChI is InChI=1S/C22H34N4O4S/c1-5-7-12-30-21-17(14-23)13-19(15-24-21)25-20(27)16-8-10-18(11-9-16)26-31(28,29)22(3,4)6-2/h13,15-16,18,26H,5-12H2,1-4H3,(H,25,27). The Balaban J connectivity index is 1.91. The van der Waals surface area contributed by atoms with E-state index in [4.69, 9.17) is 4.74 Å². The summed E-state index contributed by atoms with van der Waals surface area (Å²) in [5, 5.41) is 12.2. The Morgan fingerprint density at radius 3 is 2.55 bits per heavy atom. The molecular formula is C22H34N4O4S. The third-order valence-electron chi connectivity index (χ3n) is 5.97. The van der Waals surface area contributed by atoms with Crippen molar-refractivity contribution < 1.29 is 17.9 Å². The van der Waals surface area contributed by atoms with E-state index in [0.29, 0.717) is 44.4 Å². The van der Waals surface area contributed by atoms with Crippen molar-refractivity contribution in [3.63, 3.8) is 0 Å². The van der Waals surface area contributed by atoms with Crippen LogP contribution in [0.15, 0.2) is 12.3 Å². The van der Waals surface area contributed by atoms with Crippen molar-refractivity contribution in [1.29, 1.82) is 5.26 Å². The van der Waals surface area contributed by atoms with Gasteiger partial charge in [-0.15, -0.1) is 0 Å². The molecule has 0 saturated heterocycles. The highest BCUT2D eigenvalue weighted by Gasteiger charge is 2.36. The molecule has 1 saturated carbocycles. The van der Waals surface area contributed by atoms with Gasteiger partial charge >= 0.3 is 0 Å². The highest BCUT2D eigenvalue weighted by molar-refractivity contribution is 7.90. The van der Waals surface area contributed by atoms with Crippen LogP contribution in [0.4, 0.5) is 5.69 Å². The molecule has 172 valence electrons. The van der Waals surface area contributed by atoms with Gasteiger partial charge in [0.2, 0.25) is 21.8 Å². The van der Waals surface area contributed by atoms with Crippen LogP contribution in [0.5, 0.6) is 5.88 Å². The van der Waals surface area contributed by atoms with Gasteiger partial charge in [0.15, 0.2) is 0 Å². The van der Waals surface area contributed by atoms with Crippen molar-refractivity contribution in [2.24, 2.45) is 5.92 Å². The summed E-state index contributed by atoms with van der Waals surface area (Å²) < 4.78 is 32.6. The number of unbranched alkanes of at least 4 members (excludes halogenated alkanes) is 1. The fourth-order valence-electron chi connectivity index (χ4n) is 3.32. The molecule has 1 aromatic heterocycles. The van der Waals surface area contributed by atoms with Crippen LogP contribution in [0, 0.1) is 17.2 Å². The minimum absolute atomic E-state index is 0.138. The minimum Gasteiger partial charge on any atom is -0.477 e. The number of sulfonamides is 1. The van der Waals surface area contributed by atoms with Crippen LogP contribution in [0.3, 0.4) is 0 Å². The summed E-state index contributed by atoms with van der Waals surface area (Å²) in [4.78, 5) is 16.8. The smallest absolute Gasteiger partial charge is 0.231 e. The zero-order valence-corrected chi connectivity index (χ0v) is 19.7. The Morgan fingerprint density at radius 1 is 1.29 bits per heavy atom. The number of amides is 1. The molecule has 0 spiro atoms. The molecular weight excluding hydrogens is 416 g/mol. The van der Waals surface area contributed by atoms with Crippen LogP contribution in [-0.2, 0) is 14.8 Å². The lowest BCUT2D eigenvalue weighted by molar-refractivity contribution is -0.120. The van der Waals surface area contributed by atoms with Crippen LogP contribution >= 0.6 is 0 Å². The van der Waals surface area contributed by atoms with Gasteiger partial charge in [0.05, 0.1) is 23.2 Å². The van der Waals surface area contributed by atoms with Crippen LogP contribution < -0.4 is 14.8 Å². The SMILES string of the molecule is CCCCOc1ncc(NC(=O)C2CCC(NS(=O)(=O)C(C)(C)CC)CC2)cc1C#N. The first-order valence-corrected chi connectivity index (χ1v) is 12.5. The predicted molar refractivity (Wildman–Crippen MR) is 120 cm³/mol. The van der Waals surface area contributed by atoms with Crippen LogP contribution in [-0.4, -0.2) is 36.7 Å². The molecule has 0 aromatic carbocycles. The lowest BCUT2D eigenvalue weighted by Gasteiger charge is -2.31. The van der Waals surface area contributed by atoms with Gasteiger partial charge in [-0.1, -0.05) is 20.3 Å². The second-order valence-corrected chi connectivity index (χ2v) is 11.0. The first kappa shape index (κ1) is 25.1. The van der Waals surface area contributed by atoms with Gasteiger partial charge in [-0.05, 0) is 58.4 Å². The number of ether oxygens (including phenoxy) is 1. The van der Waals surface area contributed by atoms with Crippen molar-refractivity contribution in [2.45, 2.75) is 83.4 Å². The highest BCUT2D eigenvalue weighted by atomic mass is 32.2. The van der Waals surface area contributed by atoms with Gasteiger partial charge < -0.3 is 10.1 Å². The Hall–Kier alpha value is -2.18. The molecule has 1 aliphatic rings. The molecule has 0 unspecified atom stereocenters. The monoisotopic (exact) mass is 450 g/mol. The molecule has 0 atom stereocenters. The number of hydrogen-bond acceptors (Lipinski definition) is 6. The quantitative estimate of drug-likeness (QED) is 0.524. The maximum atomic E-state index is 12.7. The van der Waals surface area contributed by atoms with Crippen LogP contribution in [0.1, 0.15) is 78.2 Å². The Labute approximate surface area is 185 Å². The van der Waals surface area contributed by atoms with E-state index >= 15 is 0 Å². The van der Waals surface area contributed by atoms with Crippen molar-refractivity contribution in [2.75, 3.05) is 11.9 Å². The fourth-order valence-corrected chi connectivity index (χ4v) is 4.69. The van der Waals surface area contributed by atoms with Crippen molar-refractivity contribution in [3.8, 4) is 11.9 Å². The number of aromatic nitrogens is 1. The average molecular weight is 451 g/mol. The Bertz CT molecular complexity index is 901. The van der Waals surface area contributed by atoms with E-state index in [1.807, 2.05) is 6.92 Å². The molecule has 1 amide bonds. The van der Waals surface area contributed by atoms with Gasteiger partial charge in [0, 0.05) is 12.0 Å². The first-order valence-electron chi connectivity index (χ1n) is 11.0. The van der Waals surface area contributed by atoms with Gasteiger partial charge in [-0.2, -0.15) is 5.26 Å². The lowest BCUT2D eigenvalue weighted by atomic mass is 9.86. The molecule has 0 bridgehead atoms. The number of nitrogens with zero attached hydrogens (tertiary/aromatic N) is 2. The minimum atomic E-state index is -3.42. The molecule has 1 aromatic rings. The largest absolute Gasteiger partial charge is 0.477 e. The number of pyridine rings is 1. The van der Waals surface area contributed by atoms with E-state index < -0.39 is 14.8 Å². The topological polar surface area (TPSA) is 121 Å². The van der Waals surface area contributed by atoms with E-state index in [2.05, 4.69) is 28.0 Å². The summed E-state index contributed by atoms with van der Waals surface area (Å²) in [5.74, 6) is -0.0664. The summed E-state index contributed by atoms with van der Waals surface area (Å²) in [6.45, 7) is 7.84. The Kier molecular flexibility index (Phi) is 8.83. The normalized spacial score (nSPS) is 19.5. The Morgan fingerprint density at radius 2 is 1.97 bits per heavy atom. The van der Waals surface area contributed by atoms with Gasteiger partial charge in [0.25, 0.3) is 0 Å². The van der Waals surface area contributed by atoms with Gasteiger partial charge in [-0.25, -0.2) is 18.1 Å².